The molecule has 3 atom stereocenters. The molecule has 2 aliphatic heterocycles. The summed E-state index contributed by atoms with van der Waals surface area (Å²) in [4.78, 5) is 15.1. The topological polar surface area (TPSA) is 57.2 Å². The van der Waals surface area contributed by atoms with Crippen LogP contribution < -0.4 is 9.47 Å². The van der Waals surface area contributed by atoms with Crippen molar-refractivity contribution < 1.29 is 23.7 Å². The molecule has 1 aromatic rings. The van der Waals surface area contributed by atoms with Crippen molar-refractivity contribution >= 4 is 5.91 Å². The van der Waals surface area contributed by atoms with Gasteiger partial charge in [-0.05, 0) is 31.9 Å². The second kappa shape index (κ2) is 6.61. The lowest BCUT2D eigenvalue weighted by Crippen LogP contribution is -2.54. The molecule has 0 unspecified atom stereocenters. The quantitative estimate of drug-likeness (QED) is 0.845. The van der Waals surface area contributed by atoms with Gasteiger partial charge >= 0.3 is 0 Å². The zero-order valence-electron chi connectivity index (χ0n) is 13.9. The fourth-order valence-electron chi connectivity index (χ4n) is 3.96. The number of hydrogen-bond donors (Lipinski definition) is 0. The highest BCUT2D eigenvalue weighted by atomic mass is 16.6. The molecule has 1 saturated carbocycles. The smallest absolute Gasteiger partial charge is 0.258 e. The van der Waals surface area contributed by atoms with Gasteiger partial charge in [-0.3, -0.25) is 4.79 Å². The molecule has 6 heteroatoms. The fourth-order valence-corrected chi connectivity index (χ4v) is 3.96. The first-order valence-electron chi connectivity index (χ1n) is 8.72. The Kier molecular flexibility index (Phi) is 4.33. The predicted molar refractivity (Wildman–Crippen MR) is 86.6 cm³/mol. The third kappa shape index (κ3) is 2.63. The fraction of sp³-hybridized carbons (Fsp3) is 0.611. The predicted octanol–water partition coefficient (Wildman–Crippen LogP) is 1.87. The first-order chi connectivity index (χ1) is 11.8. The number of para-hydroxylation sites is 1. The van der Waals surface area contributed by atoms with Crippen LogP contribution in [-0.4, -0.2) is 62.0 Å². The van der Waals surface area contributed by atoms with Gasteiger partial charge < -0.3 is 23.8 Å². The Morgan fingerprint density at radius 2 is 2.12 bits per heavy atom. The van der Waals surface area contributed by atoms with Crippen LogP contribution in [-0.2, 0) is 9.47 Å². The highest BCUT2D eigenvalue weighted by molar-refractivity contribution is 5.98. The van der Waals surface area contributed by atoms with Crippen LogP contribution in [0.5, 0.6) is 11.5 Å². The maximum absolute atomic E-state index is 13.2. The maximum Gasteiger partial charge on any atom is 0.258 e. The van der Waals surface area contributed by atoms with E-state index in [4.69, 9.17) is 18.9 Å². The van der Waals surface area contributed by atoms with E-state index in [0.29, 0.717) is 50.0 Å². The molecule has 2 heterocycles. The highest BCUT2D eigenvalue weighted by Gasteiger charge is 2.45. The summed E-state index contributed by atoms with van der Waals surface area (Å²) in [5, 5.41) is 0. The van der Waals surface area contributed by atoms with Gasteiger partial charge in [0.25, 0.3) is 5.91 Å². The summed E-state index contributed by atoms with van der Waals surface area (Å²) in [6, 6.07) is 5.57. The summed E-state index contributed by atoms with van der Waals surface area (Å²) in [6.45, 7) is 4.79. The van der Waals surface area contributed by atoms with Gasteiger partial charge in [0.2, 0.25) is 0 Å². The molecule has 2 fully saturated rings. The summed E-state index contributed by atoms with van der Waals surface area (Å²) in [5.41, 5.74) is 0.577. The van der Waals surface area contributed by atoms with Crippen molar-refractivity contribution in [3.8, 4) is 11.5 Å². The molecule has 0 spiro atoms. The van der Waals surface area contributed by atoms with Gasteiger partial charge in [-0.1, -0.05) is 6.07 Å². The molecular weight excluding hydrogens is 310 g/mol. The van der Waals surface area contributed by atoms with Crippen molar-refractivity contribution in [3.63, 3.8) is 0 Å². The minimum Gasteiger partial charge on any atom is -0.486 e. The van der Waals surface area contributed by atoms with Gasteiger partial charge in [0.1, 0.15) is 19.3 Å². The van der Waals surface area contributed by atoms with E-state index in [-0.39, 0.29) is 24.2 Å². The Bertz CT molecular complexity index is 619. The Morgan fingerprint density at radius 1 is 1.25 bits per heavy atom. The van der Waals surface area contributed by atoms with E-state index in [9.17, 15) is 4.79 Å². The summed E-state index contributed by atoms with van der Waals surface area (Å²) in [7, 11) is 0. The Morgan fingerprint density at radius 3 is 3.00 bits per heavy atom. The number of benzene rings is 1. The molecule has 0 N–H and O–H groups in total. The zero-order valence-corrected chi connectivity index (χ0v) is 13.9. The number of carbonyl (C=O) groups excluding carboxylic acids is 1. The molecule has 130 valence electrons. The van der Waals surface area contributed by atoms with Crippen molar-refractivity contribution in [1.82, 2.24) is 4.90 Å². The number of rotatable bonds is 3. The van der Waals surface area contributed by atoms with E-state index in [1.54, 1.807) is 0 Å². The van der Waals surface area contributed by atoms with Gasteiger partial charge in [0.15, 0.2) is 11.5 Å². The van der Waals surface area contributed by atoms with Crippen molar-refractivity contribution in [2.45, 2.75) is 38.0 Å². The average Bonchev–Trinajstić information content (AvgIpc) is 3.04. The number of fused-ring (bicyclic) bond motifs is 2. The molecule has 1 aliphatic carbocycles. The monoisotopic (exact) mass is 333 g/mol. The van der Waals surface area contributed by atoms with E-state index < -0.39 is 0 Å². The summed E-state index contributed by atoms with van der Waals surface area (Å²) < 4.78 is 23.0. The number of morpholine rings is 1. The number of hydrogen-bond acceptors (Lipinski definition) is 5. The lowest BCUT2D eigenvalue weighted by Gasteiger charge is -2.39. The molecule has 6 nitrogen and oxygen atoms in total. The molecule has 4 rings (SSSR count). The third-order valence-corrected chi connectivity index (χ3v) is 4.97. The molecule has 24 heavy (non-hydrogen) atoms. The zero-order chi connectivity index (χ0) is 16.5. The Labute approximate surface area is 141 Å². The van der Waals surface area contributed by atoms with Crippen LogP contribution >= 0.6 is 0 Å². The van der Waals surface area contributed by atoms with Crippen LogP contribution in [0.2, 0.25) is 0 Å². The Balaban J connectivity index is 1.59. The molecule has 0 radical (unpaired) electrons. The second-order valence-corrected chi connectivity index (χ2v) is 6.30. The minimum absolute atomic E-state index is 0.00667. The van der Waals surface area contributed by atoms with Gasteiger partial charge in [-0.15, -0.1) is 0 Å². The molecule has 1 aromatic carbocycles. The molecule has 3 aliphatic rings. The first kappa shape index (κ1) is 15.7. The third-order valence-electron chi connectivity index (χ3n) is 4.97. The molecule has 0 aromatic heterocycles. The van der Waals surface area contributed by atoms with Crippen LogP contribution in [0.1, 0.15) is 30.1 Å². The largest absolute Gasteiger partial charge is 0.486 e. The Hall–Kier alpha value is -1.79. The van der Waals surface area contributed by atoms with E-state index in [1.807, 2.05) is 30.0 Å². The van der Waals surface area contributed by atoms with Gasteiger partial charge in [-0.2, -0.15) is 0 Å². The van der Waals surface area contributed by atoms with Gasteiger partial charge in [0, 0.05) is 13.2 Å². The van der Waals surface area contributed by atoms with Gasteiger partial charge in [0.05, 0.1) is 24.3 Å². The van der Waals surface area contributed by atoms with Crippen LogP contribution in [0.3, 0.4) is 0 Å². The summed E-state index contributed by atoms with van der Waals surface area (Å²) in [6.07, 6.45) is 1.90. The minimum atomic E-state index is -0.0284. The van der Waals surface area contributed by atoms with Crippen LogP contribution in [0.4, 0.5) is 0 Å². The average molecular weight is 333 g/mol. The number of ether oxygens (including phenoxy) is 4. The number of carbonyl (C=O) groups is 1. The molecule has 1 amide bonds. The van der Waals surface area contributed by atoms with E-state index in [0.717, 1.165) is 12.8 Å². The van der Waals surface area contributed by atoms with Crippen LogP contribution in [0.15, 0.2) is 18.2 Å². The van der Waals surface area contributed by atoms with Crippen LogP contribution in [0.25, 0.3) is 0 Å². The standard InChI is InChI=1S/C18H23NO5/c1-2-21-15-7-6-13-17(15)23-9-8-19(13)18(20)12-4-3-5-14-16(12)24-11-10-22-14/h3-5,13,15,17H,2,6-11H2,1H3/t13-,15-,17-/m0/s1. The number of amides is 1. The summed E-state index contributed by atoms with van der Waals surface area (Å²) >= 11 is 0. The van der Waals surface area contributed by atoms with E-state index in [2.05, 4.69) is 0 Å². The summed E-state index contributed by atoms with van der Waals surface area (Å²) in [5.74, 6) is 1.21. The SMILES string of the molecule is CCO[C@H]1CC[C@H]2[C@@H]1OCCN2C(=O)c1cccc2c1OCCO2. The highest BCUT2D eigenvalue weighted by Crippen LogP contribution is 2.37. The van der Waals surface area contributed by atoms with E-state index in [1.165, 1.54) is 0 Å². The van der Waals surface area contributed by atoms with Crippen molar-refractivity contribution in [2.75, 3.05) is 33.0 Å². The van der Waals surface area contributed by atoms with Crippen molar-refractivity contribution in [1.29, 1.82) is 0 Å². The van der Waals surface area contributed by atoms with Crippen LogP contribution in [0, 0.1) is 0 Å². The molecule has 1 saturated heterocycles. The number of nitrogens with zero attached hydrogens (tertiary/aromatic N) is 1. The van der Waals surface area contributed by atoms with Crippen molar-refractivity contribution in [2.24, 2.45) is 0 Å². The van der Waals surface area contributed by atoms with E-state index >= 15 is 0 Å². The first-order valence-corrected chi connectivity index (χ1v) is 8.72. The maximum atomic E-state index is 13.2. The molecular formula is C18H23NO5. The second-order valence-electron chi connectivity index (χ2n) is 6.30. The van der Waals surface area contributed by atoms with Gasteiger partial charge in [-0.25, -0.2) is 0 Å². The lowest BCUT2D eigenvalue weighted by molar-refractivity contribution is -0.102. The van der Waals surface area contributed by atoms with Crippen molar-refractivity contribution in [3.05, 3.63) is 23.8 Å². The normalized spacial score (nSPS) is 28.5. The molecule has 0 bridgehead atoms. The lowest BCUT2D eigenvalue weighted by atomic mass is 10.1.